The van der Waals surface area contributed by atoms with Crippen molar-refractivity contribution >= 4 is 53.2 Å². The highest BCUT2D eigenvalue weighted by molar-refractivity contribution is 5.98. The predicted octanol–water partition coefficient (Wildman–Crippen LogP) is 0.500. The van der Waals surface area contributed by atoms with Crippen molar-refractivity contribution in [1.82, 2.24) is 36.4 Å². The van der Waals surface area contributed by atoms with E-state index < -0.39 is 126 Å². The molecule has 0 saturated carbocycles. The number of rotatable bonds is 15. The quantitative estimate of drug-likeness (QED) is 0.112. The number of aromatic hydroxyl groups is 1. The zero-order valence-corrected chi connectivity index (χ0v) is 39.9. The van der Waals surface area contributed by atoms with E-state index in [1.807, 2.05) is 0 Å². The number of primary amides is 1. The Labute approximate surface area is 387 Å². The number of nitrogens with one attached hydrogen (secondary N) is 5. The fourth-order valence-electron chi connectivity index (χ4n) is 7.87. The highest BCUT2D eigenvalue weighted by Gasteiger charge is 2.47. The van der Waals surface area contributed by atoms with E-state index in [4.69, 9.17) is 10.5 Å². The van der Waals surface area contributed by atoms with Crippen LogP contribution in [0, 0.1) is 23.7 Å². The number of aliphatic hydroxyl groups excluding tert-OH is 1. The Hall–Kier alpha value is -5.79. The lowest BCUT2D eigenvalue weighted by molar-refractivity contribution is -0.168. The first kappa shape index (κ1) is 54.5. The van der Waals surface area contributed by atoms with Crippen LogP contribution in [0.4, 0.5) is 0 Å². The van der Waals surface area contributed by atoms with E-state index in [0.717, 1.165) is 9.80 Å². The smallest absolute Gasteiger partial charge is 0.329 e. The Morgan fingerprint density at radius 2 is 1.47 bits per heavy atom. The third-order valence-corrected chi connectivity index (χ3v) is 12.4. The van der Waals surface area contributed by atoms with Crippen molar-refractivity contribution in [2.45, 2.75) is 168 Å². The number of phenolic OH excluding ortho intramolecular Hbond substituents is 1. The maximum absolute atomic E-state index is 14.9. The van der Waals surface area contributed by atoms with Gasteiger partial charge in [-0.1, -0.05) is 80.4 Å². The molecule has 11 atom stereocenters. The topological polar surface area (TPSA) is 296 Å². The van der Waals surface area contributed by atoms with Crippen LogP contribution in [0.5, 0.6) is 5.75 Å². The van der Waals surface area contributed by atoms with Crippen LogP contribution in [0.1, 0.15) is 113 Å². The number of hydrogen-bond donors (Lipinski definition) is 8. The summed E-state index contributed by atoms with van der Waals surface area (Å²) in [5, 5.41) is 34.7. The second kappa shape index (κ2) is 24.7. The second-order valence-electron chi connectivity index (χ2n) is 18.4. The maximum atomic E-state index is 14.9. The SMILES string of the molecule is CCC(C)C1NC(=O)C(Cc2ccc(O)cc2)N(C)C(=O)C(C(C)CC)N2C(=O)C(CCC2O)NC(=O)C(CC(C)C)NC(=O)C(NC(=O)C(CCC(N)=O)NC(=O)C(C)C)C(C)OC1=O. The summed E-state index contributed by atoms with van der Waals surface area (Å²) in [6, 6.07) is -3.79. The Kier molecular flexibility index (Phi) is 20.4. The molecule has 20 heteroatoms. The number of aliphatic hydroxyl groups is 1. The molecule has 11 unspecified atom stereocenters. The minimum Gasteiger partial charge on any atom is -0.508 e. The van der Waals surface area contributed by atoms with Crippen LogP contribution in [0.2, 0.25) is 0 Å². The maximum Gasteiger partial charge on any atom is 0.329 e. The number of cyclic esters (lactones) is 1. The first-order chi connectivity index (χ1) is 30.9. The van der Waals surface area contributed by atoms with Crippen molar-refractivity contribution in [2.75, 3.05) is 7.05 Å². The first-order valence-electron chi connectivity index (χ1n) is 23.0. The molecule has 2 saturated heterocycles. The third kappa shape index (κ3) is 14.6. The summed E-state index contributed by atoms with van der Waals surface area (Å²) >= 11 is 0. The fourth-order valence-corrected chi connectivity index (χ4v) is 7.87. The molecule has 0 aliphatic carbocycles. The molecule has 9 N–H and O–H groups in total. The van der Waals surface area contributed by atoms with Crippen LogP contribution in [-0.4, -0.2) is 135 Å². The molecule has 1 aromatic carbocycles. The van der Waals surface area contributed by atoms with Crippen LogP contribution < -0.4 is 32.3 Å². The summed E-state index contributed by atoms with van der Waals surface area (Å²) in [4.78, 5) is 128. The van der Waals surface area contributed by atoms with E-state index in [-0.39, 0.29) is 50.2 Å². The van der Waals surface area contributed by atoms with Crippen molar-refractivity contribution < 1.29 is 58.1 Å². The van der Waals surface area contributed by atoms with E-state index in [9.17, 15) is 53.4 Å². The number of carbonyl (C=O) groups is 9. The number of carbonyl (C=O) groups excluding carboxylic acids is 9. The molecular formula is C46H72N8O12. The lowest BCUT2D eigenvalue weighted by atomic mass is 9.91. The Balaban J connectivity index is 2.27. The summed E-state index contributed by atoms with van der Waals surface area (Å²) in [5.74, 6) is -9.27. The zero-order chi connectivity index (χ0) is 49.7. The van der Waals surface area contributed by atoms with E-state index in [1.165, 1.54) is 26.1 Å². The van der Waals surface area contributed by atoms with Crippen LogP contribution in [0.3, 0.4) is 0 Å². The molecule has 8 amide bonds. The van der Waals surface area contributed by atoms with Crippen molar-refractivity contribution in [3.63, 3.8) is 0 Å². The Morgan fingerprint density at radius 3 is 2.03 bits per heavy atom. The van der Waals surface area contributed by atoms with Gasteiger partial charge in [0.05, 0.1) is 0 Å². The van der Waals surface area contributed by atoms with Crippen molar-refractivity contribution in [3.05, 3.63) is 29.8 Å². The average molecular weight is 929 g/mol. The van der Waals surface area contributed by atoms with Crippen molar-refractivity contribution in [3.8, 4) is 5.75 Å². The number of phenols is 1. The minimum atomic E-state index is -1.74. The molecule has 0 spiro atoms. The highest BCUT2D eigenvalue weighted by Crippen LogP contribution is 2.28. The molecule has 2 heterocycles. The highest BCUT2D eigenvalue weighted by atomic mass is 16.5. The second-order valence-corrected chi connectivity index (χ2v) is 18.4. The first-order valence-corrected chi connectivity index (χ1v) is 23.0. The number of fused-ring (bicyclic) bond motifs is 2. The van der Waals surface area contributed by atoms with E-state index in [1.54, 1.807) is 67.5 Å². The zero-order valence-electron chi connectivity index (χ0n) is 39.9. The lowest BCUT2D eigenvalue weighted by Gasteiger charge is -2.44. The number of likely N-dealkylation sites (N-methyl/N-ethyl adjacent to an activating group) is 1. The number of ether oxygens (including phenoxy) is 1. The van der Waals surface area contributed by atoms with Crippen LogP contribution in [0.25, 0.3) is 0 Å². The van der Waals surface area contributed by atoms with Gasteiger partial charge in [-0.15, -0.1) is 0 Å². The van der Waals surface area contributed by atoms with Gasteiger partial charge in [-0.25, -0.2) is 4.79 Å². The number of piperidine rings is 1. The van der Waals surface area contributed by atoms with Crippen molar-refractivity contribution in [1.29, 1.82) is 0 Å². The minimum absolute atomic E-state index is 0.0226. The Bertz CT molecular complexity index is 1910. The average Bonchev–Trinajstić information content (AvgIpc) is 3.25. The summed E-state index contributed by atoms with van der Waals surface area (Å²) in [7, 11) is 1.38. The number of nitrogens with two attached hydrogens (primary N) is 1. The summed E-state index contributed by atoms with van der Waals surface area (Å²) in [6.45, 7) is 15.0. The van der Waals surface area contributed by atoms with Crippen LogP contribution >= 0.6 is 0 Å². The number of esters is 1. The monoisotopic (exact) mass is 929 g/mol. The standard InChI is InChI=1S/C46H72N8O12/c1-11-25(7)36-46(65)66-27(9)37(52-40(59)30(17-19-34(47)56)48-39(58)24(5)6)43(62)50-32(21-23(3)4)41(60)49-31-18-20-35(57)54(44(31)63)38(26(8)12-2)45(64)53(10)33(42(61)51-36)22-28-13-15-29(55)16-14-28/h13-16,23-27,30-33,35-38,55,57H,11-12,17-22H2,1-10H3,(H2,47,56)(H,48,58)(H,49,60)(H,50,62)(H,51,61)(H,52,59). The van der Waals surface area contributed by atoms with Gasteiger partial charge in [-0.2, -0.15) is 0 Å². The molecule has 66 heavy (non-hydrogen) atoms. The van der Waals surface area contributed by atoms with E-state index >= 15 is 0 Å². The fraction of sp³-hybridized carbons (Fsp3) is 0.674. The molecule has 0 radical (unpaired) electrons. The lowest BCUT2D eigenvalue weighted by Crippen LogP contribution is -2.66. The van der Waals surface area contributed by atoms with Gasteiger partial charge in [0, 0.05) is 25.8 Å². The summed E-state index contributed by atoms with van der Waals surface area (Å²) in [5.41, 5.74) is 5.90. The van der Waals surface area contributed by atoms with Crippen molar-refractivity contribution in [2.24, 2.45) is 29.4 Å². The molecule has 3 rings (SSSR count). The predicted molar refractivity (Wildman–Crippen MR) is 241 cm³/mol. The molecular weight excluding hydrogens is 857 g/mol. The van der Waals surface area contributed by atoms with Gasteiger partial charge in [0.15, 0.2) is 0 Å². The molecule has 20 nitrogen and oxygen atoms in total. The molecule has 2 aliphatic rings. The van der Waals surface area contributed by atoms with Gasteiger partial charge in [0.2, 0.25) is 47.3 Å². The van der Waals surface area contributed by atoms with Gasteiger partial charge in [-0.05, 0) is 68.1 Å². The van der Waals surface area contributed by atoms with E-state index in [2.05, 4.69) is 26.6 Å². The third-order valence-electron chi connectivity index (χ3n) is 12.4. The van der Waals surface area contributed by atoms with Gasteiger partial charge in [-0.3, -0.25) is 38.4 Å². The number of benzene rings is 1. The number of amides is 8. The molecule has 0 aromatic heterocycles. The Morgan fingerprint density at radius 1 is 0.848 bits per heavy atom. The molecule has 2 fully saturated rings. The van der Waals surface area contributed by atoms with Crippen LogP contribution in [0.15, 0.2) is 24.3 Å². The van der Waals surface area contributed by atoms with E-state index in [0.29, 0.717) is 18.4 Å². The largest absolute Gasteiger partial charge is 0.508 e. The summed E-state index contributed by atoms with van der Waals surface area (Å²) in [6.07, 6.45) is -2.95. The van der Waals surface area contributed by atoms with Gasteiger partial charge < -0.3 is 57.1 Å². The number of nitrogens with zero attached hydrogens (tertiary/aromatic N) is 2. The normalized spacial score (nSPS) is 26.4. The van der Waals surface area contributed by atoms with Gasteiger partial charge in [0.25, 0.3) is 0 Å². The van der Waals surface area contributed by atoms with Crippen LogP contribution in [-0.2, 0) is 54.3 Å². The molecule has 1 aromatic rings. The van der Waals surface area contributed by atoms with Gasteiger partial charge in [0.1, 0.15) is 60.4 Å². The molecule has 368 valence electrons. The molecule has 2 bridgehead atoms. The number of hydrogen-bond acceptors (Lipinski definition) is 12. The van der Waals surface area contributed by atoms with Gasteiger partial charge >= 0.3 is 5.97 Å². The molecule has 2 aliphatic heterocycles. The summed E-state index contributed by atoms with van der Waals surface area (Å²) < 4.78 is 5.91.